The number of aryl methyl sites for hydroxylation is 1. The zero-order valence-electron chi connectivity index (χ0n) is 9.14. The van der Waals surface area contributed by atoms with Crippen LogP contribution in [0.1, 0.15) is 6.42 Å². The average molecular weight is 250 g/mol. The van der Waals surface area contributed by atoms with Crippen LogP contribution in [0.2, 0.25) is 5.15 Å². The number of amides is 1. The molecule has 1 amide bonds. The molecule has 2 aromatic heterocycles. The number of pyridine rings is 1. The van der Waals surface area contributed by atoms with Gasteiger partial charge in [0.25, 0.3) is 0 Å². The molecule has 2 heterocycles. The van der Waals surface area contributed by atoms with Gasteiger partial charge in [0.15, 0.2) is 0 Å². The maximum atomic E-state index is 11.6. The zero-order valence-corrected chi connectivity index (χ0v) is 9.89. The highest BCUT2D eigenvalue weighted by molar-refractivity contribution is 6.29. The lowest BCUT2D eigenvalue weighted by atomic mass is 10.3. The van der Waals surface area contributed by atoms with E-state index in [0.29, 0.717) is 23.8 Å². The van der Waals surface area contributed by atoms with Gasteiger partial charge in [0.2, 0.25) is 5.91 Å². The summed E-state index contributed by atoms with van der Waals surface area (Å²) in [6, 6.07) is 7.23. The molecule has 0 bridgehead atoms. The molecule has 0 saturated heterocycles. The van der Waals surface area contributed by atoms with Crippen LogP contribution in [-0.4, -0.2) is 15.5 Å². The van der Waals surface area contributed by atoms with Crippen molar-refractivity contribution in [1.82, 2.24) is 9.55 Å². The third kappa shape index (κ3) is 3.60. The molecule has 0 aliphatic rings. The molecule has 0 aliphatic carbocycles. The monoisotopic (exact) mass is 249 g/mol. The lowest BCUT2D eigenvalue weighted by Crippen LogP contribution is -2.14. The first-order valence-corrected chi connectivity index (χ1v) is 5.64. The largest absolute Gasteiger partial charge is 0.354 e. The molecular formula is C12H12ClN3O. The van der Waals surface area contributed by atoms with Gasteiger partial charge in [-0.05, 0) is 24.3 Å². The molecule has 0 fully saturated rings. The predicted octanol–water partition coefficient (Wildman–Crippen LogP) is 2.57. The number of halogens is 1. The number of hydrogen-bond donors (Lipinski definition) is 1. The van der Waals surface area contributed by atoms with Crippen molar-refractivity contribution in [2.24, 2.45) is 0 Å². The van der Waals surface area contributed by atoms with Crippen LogP contribution < -0.4 is 5.32 Å². The van der Waals surface area contributed by atoms with Crippen molar-refractivity contribution < 1.29 is 4.79 Å². The van der Waals surface area contributed by atoms with Crippen molar-refractivity contribution in [3.05, 3.63) is 48.0 Å². The van der Waals surface area contributed by atoms with E-state index in [0.717, 1.165) is 0 Å². The van der Waals surface area contributed by atoms with E-state index < -0.39 is 0 Å². The fraction of sp³-hybridized carbons (Fsp3) is 0.167. The molecule has 0 unspecified atom stereocenters. The van der Waals surface area contributed by atoms with E-state index in [1.807, 2.05) is 29.1 Å². The Labute approximate surface area is 104 Å². The van der Waals surface area contributed by atoms with Gasteiger partial charge in [-0.15, -0.1) is 0 Å². The fourth-order valence-corrected chi connectivity index (χ4v) is 1.53. The van der Waals surface area contributed by atoms with E-state index >= 15 is 0 Å². The Morgan fingerprint density at radius 3 is 2.76 bits per heavy atom. The Kier molecular flexibility index (Phi) is 3.77. The normalized spacial score (nSPS) is 10.2. The van der Waals surface area contributed by atoms with E-state index in [1.54, 1.807) is 12.1 Å². The third-order valence-corrected chi connectivity index (χ3v) is 2.50. The van der Waals surface area contributed by atoms with E-state index in [9.17, 15) is 4.79 Å². The maximum absolute atomic E-state index is 11.6. The van der Waals surface area contributed by atoms with Gasteiger partial charge in [-0.25, -0.2) is 4.98 Å². The van der Waals surface area contributed by atoms with Gasteiger partial charge in [-0.2, -0.15) is 0 Å². The lowest BCUT2D eigenvalue weighted by Gasteiger charge is -2.05. The molecule has 0 atom stereocenters. The number of nitrogens with one attached hydrogen (secondary N) is 1. The molecule has 0 aliphatic heterocycles. The molecule has 17 heavy (non-hydrogen) atoms. The second kappa shape index (κ2) is 5.50. The minimum atomic E-state index is -0.0391. The number of anilines is 1. The summed E-state index contributed by atoms with van der Waals surface area (Å²) in [5, 5.41) is 3.17. The standard InChI is InChI=1S/C12H12ClN3O/c13-11-4-3-10(9-14-11)15-12(17)5-8-16-6-1-2-7-16/h1-4,6-7,9H,5,8H2,(H,15,17). The summed E-state index contributed by atoms with van der Waals surface area (Å²) in [5.41, 5.74) is 0.659. The summed E-state index contributed by atoms with van der Waals surface area (Å²) >= 11 is 5.65. The van der Waals surface area contributed by atoms with Crippen LogP contribution in [-0.2, 0) is 11.3 Å². The molecule has 0 spiro atoms. The number of nitrogens with zero attached hydrogens (tertiary/aromatic N) is 2. The van der Waals surface area contributed by atoms with Crippen molar-refractivity contribution in [2.75, 3.05) is 5.32 Å². The van der Waals surface area contributed by atoms with Crippen LogP contribution in [0.25, 0.3) is 0 Å². The quantitative estimate of drug-likeness (QED) is 0.847. The van der Waals surface area contributed by atoms with E-state index in [-0.39, 0.29) is 5.91 Å². The second-order valence-corrected chi connectivity index (χ2v) is 3.98. The van der Waals surface area contributed by atoms with Gasteiger partial charge < -0.3 is 9.88 Å². The molecular weight excluding hydrogens is 238 g/mol. The van der Waals surface area contributed by atoms with Crippen molar-refractivity contribution in [3.63, 3.8) is 0 Å². The molecule has 0 radical (unpaired) electrons. The summed E-state index contributed by atoms with van der Waals surface area (Å²) in [6.45, 7) is 0.667. The SMILES string of the molecule is O=C(CCn1cccc1)Nc1ccc(Cl)nc1. The number of rotatable bonds is 4. The second-order valence-electron chi connectivity index (χ2n) is 3.59. The lowest BCUT2D eigenvalue weighted by molar-refractivity contribution is -0.116. The Morgan fingerprint density at radius 2 is 2.12 bits per heavy atom. The topological polar surface area (TPSA) is 46.9 Å². The van der Waals surface area contributed by atoms with E-state index in [1.165, 1.54) is 6.20 Å². The summed E-state index contributed by atoms with van der Waals surface area (Å²) in [7, 11) is 0. The van der Waals surface area contributed by atoms with Crippen molar-refractivity contribution in [3.8, 4) is 0 Å². The van der Waals surface area contributed by atoms with E-state index in [4.69, 9.17) is 11.6 Å². The molecule has 2 aromatic rings. The highest BCUT2D eigenvalue weighted by Gasteiger charge is 2.02. The van der Waals surface area contributed by atoms with Gasteiger partial charge in [0, 0.05) is 25.4 Å². The molecule has 2 rings (SSSR count). The van der Waals surface area contributed by atoms with Gasteiger partial charge in [0.1, 0.15) is 5.15 Å². The minimum Gasteiger partial charge on any atom is -0.354 e. The minimum absolute atomic E-state index is 0.0391. The molecule has 0 saturated carbocycles. The van der Waals surface area contributed by atoms with Crippen LogP contribution in [0.3, 0.4) is 0 Å². The first-order chi connectivity index (χ1) is 8.24. The van der Waals surface area contributed by atoms with Crippen molar-refractivity contribution >= 4 is 23.2 Å². The molecule has 5 heteroatoms. The van der Waals surface area contributed by atoms with Gasteiger partial charge in [-0.3, -0.25) is 4.79 Å². The highest BCUT2D eigenvalue weighted by atomic mass is 35.5. The number of aromatic nitrogens is 2. The van der Waals surface area contributed by atoms with Gasteiger partial charge in [-0.1, -0.05) is 11.6 Å². The first-order valence-electron chi connectivity index (χ1n) is 5.26. The average Bonchev–Trinajstić information content (AvgIpc) is 2.83. The Hall–Kier alpha value is -1.81. The predicted molar refractivity (Wildman–Crippen MR) is 66.9 cm³/mol. The van der Waals surface area contributed by atoms with E-state index in [2.05, 4.69) is 10.3 Å². The van der Waals surface area contributed by atoms with Crippen LogP contribution in [0.15, 0.2) is 42.9 Å². The Balaban J connectivity index is 1.83. The number of carbonyl (C=O) groups is 1. The zero-order chi connectivity index (χ0) is 12.1. The van der Waals surface area contributed by atoms with Crippen molar-refractivity contribution in [1.29, 1.82) is 0 Å². The number of carbonyl (C=O) groups excluding carboxylic acids is 1. The van der Waals surface area contributed by atoms with Gasteiger partial charge in [0.05, 0.1) is 11.9 Å². The fourth-order valence-electron chi connectivity index (χ4n) is 1.42. The highest BCUT2D eigenvalue weighted by Crippen LogP contribution is 2.09. The number of hydrogen-bond acceptors (Lipinski definition) is 2. The van der Waals surface area contributed by atoms with Gasteiger partial charge >= 0.3 is 0 Å². The van der Waals surface area contributed by atoms with Crippen LogP contribution in [0.4, 0.5) is 5.69 Å². The summed E-state index contributed by atoms with van der Waals surface area (Å²) in [6.07, 6.45) is 5.82. The molecule has 4 nitrogen and oxygen atoms in total. The smallest absolute Gasteiger partial charge is 0.226 e. The molecule has 0 aromatic carbocycles. The van der Waals surface area contributed by atoms with Crippen LogP contribution >= 0.6 is 11.6 Å². The molecule has 88 valence electrons. The van der Waals surface area contributed by atoms with Crippen molar-refractivity contribution in [2.45, 2.75) is 13.0 Å². The van der Waals surface area contributed by atoms with Crippen LogP contribution in [0.5, 0.6) is 0 Å². The summed E-state index contributed by atoms with van der Waals surface area (Å²) < 4.78 is 1.96. The first kappa shape index (κ1) is 11.7. The molecule has 1 N–H and O–H groups in total. The van der Waals surface area contributed by atoms with Crippen LogP contribution in [0, 0.1) is 0 Å². The summed E-state index contributed by atoms with van der Waals surface area (Å²) in [4.78, 5) is 15.5. The Bertz CT molecular complexity index is 479. The summed E-state index contributed by atoms with van der Waals surface area (Å²) in [5.74, 6) is -0.0391. The maximum Gasteiger partial charge on any atom is 0.226 e. The third-order valence-electron chi connectivity index (χ3n) is 2.27. The Morgan fingerprint density at radius 1 is 1.35 bits per heavy atom.